The first-order valence-corrected chi connectivity index (χ1v) is 5.24. The van der Waals surface area contributed by atoms with E-state index < -0.39 is 6.16 Å². The van der Waals surface area contributed by atoms with Crippen molar-refractivity contribution in [1.82, 2.24) is 14.9 Å². The van der Waals surface area contributed by atoms with Gasteiger partial charge in [0.25, 0.3) is 0 Å². The molecule has 0 amide bonds. The second kappa shape index (κ2) is 4.52. The highest BCUT2D eigenvalue weighted by molar-refractivity contribution is 5.62. The maximum atomic E-state index is 10.9. The fourth-order valence-corrected chi connectivity index (χ4v) is 1.64. The Bertz CT molecular complexity index is 363. The Morgan fingerprint density at radius 3 is 3.25 bits per heavy atom. The van der Waals surface area contributed by atoms with Gasteiger partial charge in [0, 0.05) is 12.6 Å². The van der Waals surface area contributed by atoms with E-state index in [1.165, 1.54) is 7.11 Å². The van der Waals surface area contributed by atoms with Crippen molar-refractivity contribution < 1.29 is 14.3 Å². The SMILES string of the molecule is COC(=O)Oc1cn2c(n1)CNC(C)CC2. The van der Waals surface area contributed by atoms with Gasteiger partial charge in [0.05, 0.1) is 19.9 Å². The fourth-order valence-electron chi connectivity index (χ4n) is 1.64. The molecule has 0 spiro atoms. The maximum Gasteiger partial charge on any atom is 0.514 e. The molecule has 16 heavy (non-hydrogen) atoms. The molecule has 6 heteroatoms. The molecule has 1 aliphatic rings. The number of ether oxygens (including phenoxy) is 2. The summed E-state index contributed by atoms with van der Waals surface area (Å²) in [4.78, 5) is 15.1. The van der Waals surface area contributed by atoms with Crippen LogP contribution in [0.15, 0.2) is 6.20 Å². The van der Waals surface area contributed by atoms with Gasteiger partial charge < -0.3 is 19.4 Å². The van der Waals surface area contributed by atoms with E-state index in [2.05, 4.69) is 22.0 Å². The number of hydrogen-bond donors (Lipinski definition) is 1. The third kappa shape index (κ3) is 2.33. The molecule has 1 N–H and O–H groups in total. The van der Waals surface area contributed by atoms with E-state index in [-0.39, 0.29) is 0 Å². The van der Waals surface area contributed by atoms with Crippen LogP contribution >= 0.6 is 0 Å². The molecule has 88 valence electrons. The van der Waals surface area contributed by atoms with Crippen LogP contribution < -0.4 is 10.1 Å². The lowest BCUT2D eigenvalue weighted by Crippen LogP contribution is -2.23. The molecule has 2 heterocycles. The summed E-state index contributed by atoms with van der Waals surface area (Å²) in [6.07, 6.45) is 2.02. The smallest absolute Gasteiger partial charge is 0.437 e. The summed E-state index contributed by atoms with van der Waals surface area (Å²) >= 11 is 0. The Balaban J connectivity index is 2.10. The lowest BCUT2D eigenvalue weighted by atomic mass is 10.2. The van der Waals surface area contributed by atoms with Crippen molar-refractivity contribution in [3.05, 3.63) is 12.0 Å². The van der Waals surface area contributed by atoms with Crippen LogP contribution in [0.3, 0.4) is 0 Å². The van der Waals surface area contributed by atoms with Crippen molar-refractivity contribution in [3.8, 4) is 5.88 Å². The van der Waals surface area contributed by atoms with Crippen LogP contribution in [0, 0.1) is 0 Å². The van der Waals surface area contributed by atoms with E-state index in [1.54, 1.807) is 6.20 Å². The van der Waals surface area contributed by atoms with Gasteiger partial charge in [0.15, 0.2) is 0 Å². The highest BCUT2D eigenvalue weighted by Gasteiger charge is 2.16. The zero-order valence-corrected chi connectivity index (χ0v) is 9.40. The highest BCUT2D eigenvalue weighted by atomic mass is 16.7. The van der Waals surface area contributed by atoms with Gasteiger partial charge in [-0.1, -0.05) is 0 Å². The molecule has 0 bridgehead atoms. The zero-order valence-electron chi connectivity index (χ0n) is 9.40. The molecule has 1 aromatic heterocycles. The Morgan fingerprint density at radius 1 is 1.69 bits per heavy atom. The monoisotopic (exact) mass is 225 g/mol. The van der Waals surface area contributed by atoms with Gasteiger partial charge in [-0.2, -0.15) is 4.98 Å². The van der Waals surface area contributed by atoms with Gasteiger partial charge in [0.1, 0.15) is 5.82 Å². The van der Waals surface area contributed by atoms with Crippen molar-refractivity contribution in [2.75, 3.05) is 7.11 Å². The number of rotatable bonds is 1. The lowest BCUT2D eigenvalue weighted by Gasteiger charge is -2.06. The van der Waals surface area contributed by atoms with Gasteiger partial charge in [0.2, 0.25) is 5.88 Å². The Hall–Kier alpha value is -1.56. The molecule has 0 saturated carbocycles. The summed E-state index contributed by atoms with van der Waals surface area (Å²) in [7, 11) is 1.27. The summed E-state index contributed by atoms with van der Waals surface area (Å²) in [5.74, 6) is 1.17. The van der Waals surface area contributed by atoms with Crippen LogP contribution in [0.2, 0.25) is 0 Å². The van der Waals surface area contributed by atoms with Gasteiger partial charge in [-0.25, -0.2) is 4.79 Å². The number of aromatic nitrogens is 2. The third-order valence-electron chi connectivity index (χ3n) is 2.60. The largest absolute Gasteiger partial charge is 0.514 e. The first kappa shape index (κ1) is 10.9. The number of carbonyl (C=O) groups is 1. The topological polar surface area (TPSA) is 65.4 Å². The number of fused-ring (bicyclic) bond motifs is 1. The van der Waals surface area contributed by atoms with Gasteiger partial charge in [-0.3, -0.25) is 0 Å². The van der Waals surface area contributed by atoms with Crippen molar-refractivity contribution in [1.29, 1.82) is 0 Å². The Kier molecular flexibility index (Phi) is 3.09. The summed E-state index contributed by atoms with van der Waals surface area (Å²) in [5.41, 5.74) is 0. The molecule has 0 fully saturated rings. The summed E-state index contributed by atoms with van der Waals surface area (Å²) in [6.45, 7) is 3.70. The van der Waals surface area contributed by atoms with Crippen LogP contribution in [0.1, 0.15) is 19.2 Å². The fraction of sp³-hybridized carbons (Fsp3) is 0.600. The number of hydrogen-bond acceptors (Lipinski definition) is 5. The van der Waals surface area contributed by atoms with Crippen LogP contribution in [-0.2, 0) is 17.8 Å². The minimum absolute atomic E-state index is 0.290. The highest BCUT2D eigenvalue weighted by Crippen LogP contribution is 2.15. The molecular weight excluding hydrogens is 210 g/mol. The number of methoxy groups -OCH3 is 1. The molecule has 0 aromatic carbocycles. The number of imidazole rings is 1. The Morgan fingerprint density at radius 2 is 2.50 bits per heavy atom. The molecule has 1 aliphatic heterocycles. The van der Waals surface area contributed by atoms with Gasteiger partial charge in [-0.15, -0.1) is 0 Å². The first-order chi connectivity index (χ1) is 7.69. The molecule has 0 radical (unpaired) electrons. The van der Waals surface area contributed by atoms with Crippen molar-refractivity contribution in [2.24, 2.45) is 0 Å². The zero-order chi connectivity index (χ0) is 11.5. The molecule has 1 atom stereocenters. The van der Waals surface area contributed by atoms with Gasteiger partial charge in [-0.05, 0) is 13.3 Å². The Labute approximate surface area is 93.6 Å². The second-order valence-corrected chi connectivity index (χ2v) is 3.82. The summed E-state index contributed by atoms with van der Waals surface area (Å²) < 4.78 is 11.3. The summed E-state index contributed by atoms with van der Waals surface area (Å²) in [5, 5.41) is 3.33. The van der Waals surface area contributed by atoms with Crippen LogP contribution in [0.4, 0.5) is 4.79 Å². The molecule has 6 nitrogen and oxygen atoms in total. The number of nitrogens with zero attached hydrogens (tertiary/aromatic N) is 2. The molecule has 1 aromatic rings. The van der Waals surface area contributed by atoms with E-state index in [1.807, 2.05) is 4.57 Å². The van der Waals surface area contributed by atoms with Crippen LogP contribution in [-0.4, -0.2) is 28.9 Å². The van der Waals surface area contributed by atoms with E-state index in [0.717, 1.165) is 18.8 Å². The third-order valence-corrected chi connectivity index (χ3v) is 2.60. The second-order valence-electron chi connectivity index (χ2n) is 3.82. The minimum atomic E-state index is -0.741. The van der Waals surface area contributed by atoms with Gasteiger partial charge >= 0.3 is 6.16 Å². The lowest BCUT2D eigenvalue weighted by molar-refractivity contribution is 0.120. The average molecular weight is 225 g/mol. The predicted molar refractivity (Wildman–Crippen MR) is 56.2 cm³/mol. The number of nitrogens with one attached hydrogen (secondary N) is 1. The van der Waals surface area contributed by atoms with Crippen molar-refractivity contribution in [3.63, 3.8) is 0 Å². The van der Waals surface area contributed by atoms with E-state index in [4.69, 9.17) is 4.74 Å². The summed E-state index contributed by atoms with van der Waals surface area (Å²) in [6, 6.07) is 0.478. The van der Waals surface area contributed by atoms with Crippen molar-refractivity contribution in [2.45, 2.75) is 32.5 Å². The maximum absolute atomic E-state index is 10.9. The normalized spacial score (nSPS) is 19.8. The molecule has 0 saturated heterocycles. The number of carbonyl (C=O) groups excluding carboxylic acids is 1. The molecule has 0 aliphatic carbocycles. The first-order valence-electron chi connectivity index (χ1n) is 5.24. The predicted octanol–water partition coefficient (Wildman–Crippen LogP) is 0.910. The van der Waals surface area contributed by atoms with E-state index in [0.29, 0.717) is 18.5 Å². The minimum Gasteiger partial charge on any atom is -0.437 e. The van der Waals surface area contributed by atoms with Crippen molar-refractivity contribution >= 4 is 6.16 Å². The number of aryl methyl sites for hydroxylation is 1. The van der Waals surface area contributed by atoms with Crippen LogP contribution in [0.25, 0.3) is 0 Å². The average Bonchev–Trinajstić information content (AvgIpc) is 2.57. The quantitative estimate of drug-likeness (QED) is 0.720. The van der Waals surface area contributed by atoms with E-state index >= 15 is 0 Å². The van der Waals surface area contributed by atoms with Crippen LogP contribution in [0.5, 0.6) is 5.88 Å². The molecular formula is C10H15N3O3. The molecule has 2 rings (SSSR count). The standard InChI is InChI=1S/C10H15N3O3/c1-7-3-4-13-6-9(16-10(14)15-2)12-8(13)5-11-7/h6-7,11H,3-5H2,1-2H3. The van der Waals surface area contributed by atoms with E-state index in [9.17, 15) is 4.79 Å². The molecule has 1 unspecified atom stereocenters.